The van der Waals surface area contributed by atoms with Crippen molar-refractivity contribution in [1.29, 1.82) is 0 Å². The molecule has 2 N–H and O–H groups in total. The molecule has 25 heavy (non-hydrogen) atoms. The van der Waals surface area contributed by atoms with Crippen LogP contribution in [0.25, 0.3) is 0 Å². The summed E-state index contributed by atoms with van der Waals surface area (Å²) >= 11 is 0. The van der Waals surface area contributed by atoms with Crippen molar-refractivity contribution in [1.82, 2.24) is 10.2 Å². The van der Waals surface area contributed by atoms with Crippen molar-refractivity contribution in [3.05, 3.63) is 59.9 Å². The minimum atomic E-state index is -0.276. The third-order valence-corrected chi connectivity index (χ3v) is 4.36. The number of anilines is 1. The number of aromatic hydroxyl groups is 1. The van der Waals surface area contributed by atoms with Gasteiger partial charge in [-0.05, 0) is 42.0 Å². The van der Waals surface area contributed by atoms with Gasteiger partial charge in [0.2, 0.25) is 5.91 Å². The topological polar surface area (TPSA) is 55.8 Å². The number of carbonyl (C=O) groups excluding carboxylic acids is 1. The fourth-order valence-electron chi connectivity index (χ4n) is 2.89. The van der Waals surface area contributed by atoms with Crippen LogP contribution in [0.5, 0.6) is 5.75 Å². The Hall–Kier alpha value is -2.60. The number of nitrogens with one attached hydrogen (secondary N) is 1. The summed E-state index contributed by atoms with van der Waals surface area (Å²) in [7, 11) is 0. The van der Waals surface area contributed by atoms with Gasteiger partial charge >= 0.3 is 0 Å². The van der Waals surface area contributed by atoms with Gasteiger partial charge in [0.15, 0.2) is 0 Å². The Bertz CT molecular complexity index is 696. The highest BCUT2D eigenvalue weighted by Gasteiger charge is 2.19. The highest BCUT2D eigenvalue weighted by molar-refractivity contribution is 5.78. The van der Waals surface area contributed by atoms with Crippen LogP contribution in [0.15, 0.2) is 48.5 Å². The first-order valence-electron chi connectivity index (χ1n) is 8.37. The summed E-state index contributed by atoms with van der Waals surface area (Å²) in [6, 6.07) is 13.3. The number of amides is 1. The minimum absolute atomic E-state index is 0.0255. The van der Waals surface area contributed by atoms with Crippen molar-refractivity contribution < 1.29 is 14.3 Å². The summed E-state index contributed by atoms with van der Waals surface area (Å²) in [6.07, 6.45) is 0. The molecule has 0 bridgehead atoms. The van der Waals surface area contributed by atoms with Crippen LogP contribution in [0.1, 0.15) is 5.56 Å². The van der Waals surface area contributed by atoms with Crippen LogP contribution in [0.3, 0.4) is 0 Å². The fraction of sp³-hybridized carbons (Fsp3) is 0.316. The van der Waals surface area contributed by atoms with Gasteiger partial charge in [-0.1, -0.05) is 12.1 Å². The Morgan fingerprint density at radius 1 is 1.00 bits per heavy atom. The van der Waals surface area contributed by atoms with Crippen molar-refractivity contribution in [2.45, 2.75) is 6.54 Å². The molecule has 0 atom stereocenters. The molecule has 0 unspecified atom stereocenters. The average molecular weight is 343 g/mol. The Balaban J connectivity index is 1.41. The molecule has 5 nitrogen and oxygen atoms in total. The van der Waals surface area contributed by atoms with E-state index < -0.39 is 0 Å². The van der Waals surface area contributed by atoms with Crippen LogP contribution in [0.4, 0.5) is 10.1 Å². The Morgan fingerprint density at radius 3 is 2.28 bits per heavy atom. The number of hydrogen-bond acceptors (Lipinski definition) is 4. The molecule has 0 radical (unpaired) electrons. The van der Waals surface area contributed by atoms with Gasteiger partial charge in [0.25, 0.3) is 0 Å². The number of nitrogens with zero attached hydrogens (tertiary/aromatic N) is 2. The lowest BCUT2D eigenvalue weighted by molar-refractivity contribution is -0.122. The molecule has 3 rings (SSSR count). The molecule has 0 spiro atoms. The molecule has 1 heterocycles. The SMILES string of the molecule is O=C(CN1CCN(c2ccc(O)cc2)CC1)NCc1ccc(F)cc1. The summed E-state index contributed by atoms with van der Waals surface area (Å²) in [5, 5.41) is 12.2. The normalized spacial score (nSPS) is 15.2. The van der Waals surface area contributed by atoms with Crippen LogP contribution in [-0.4, -0.2) is 48.6 Å². The number of halogens is 1. The number of phenols is 1. The zero-order valence-electron chi connectivity index (χ0n) is 14.0. The second-order valence-electron chi connectivity index (χ2n) is 6.18. The lowest BCUT2D eigenvalue weighted by Gasteiger charge is -2.35. The molecule has 0 aromatic heterocycles. The molecule has 1 amide bonds. The van der Waals surface area contributed by atoms with Crippen LogP contribution in [0.2, 0.25) is 0 Å². The van der Waals surface area contributed by atoms with E-state index in [1.807, 2.05) is 12.1 Å². The third kappa shape index (κ3) is 4.93. The molecule has 1 aliphatic rings. The maximum absolute atomic E-state index is 12.9. The summed E-state index contributed by atoms with van der Waals surface area (Å²) in [4.78, 5) is 16.4. The molecule has 0 saturated carbocycles. The summed E-state index contributed by atoms with van der Waals surface area (Å²) in [5.41, 5.74) is 1.96. The van der Waals surface area contributed by atoms with Crippen LogP contribution in [-0.2, 0) is 11.3 Å². The van der Waals surface area contributed by atoms with E-state index in [4.69, 9.17) is 0 Å². The van der Waals surface area contributed by atoms with Crippen molar-refractivity contribution in [2.75, 3.05) is 37.6 Å². The Morgan fingerprint density at radius 2 is 1.64 bits per heavy atom. The van der Waals surface area contributed by atoms with Gasteiger partial charge in [0, 0.05) is 38.4 Å². The van der Waals surface area contributed by atoms with Gasteiger partial charge in [-0.3, -0.25) is 9.69 Å². The highest BCUT2D eigenvalue weighted by atomic mass is 19.1. The number of hydrogen-bond donors (Lipinski definition) is 2. The number of phenolic OH excluding ortho intramolecular Hbond substituents is 1. The van der Waals surface area contributed by atoms with E-state index in [1.54, 1.807) is 24.3 Å². The maximum atomic E-state index is 12.9. The zero-order valence-corrected chi connectivity index (χ0v) is 14.0. The number of benzene rings is 2. The first-order chi connectivity index (χ1) is 12.1. The number of carbonyl (C=O) groups is 1. The first-order valence-corrected chi connectivity index (χ1v) is 8.37. The molecule has 1 saturated heterocycles. The van der Waals surface area contributed by atoms with Crippen molar-refractivity contribution in [3.63, 3.8) is 0 Å². The van der Waals surface area contributed by atoms with Crippen LogP contribution < -0.4 is 10.2 Å². The van der Waals surface area contributed by atoms with E-state index in [0.717, 1.165) is 37.4 Å². The van der Waals surface area contributed by atoms with E-state index in [2.05, 4.69) is 15.1 Å². The fourth-order valence-corrected chi connectivity index (χ4v) is 2.89. The largest absolute Gasteiger partial charge is 0.508 e. The third-order valence-electron chi connectivity index (χ3n) is 4.36. The number of rotatable bonds is 5. The summed E-state index contributed by atoms with van der Waals surface area (Å²) < 4.78 is 12.9. The minimum Gasteiger partial charge on any atom is -0.508 e. The average Bonchev–Trinajstić information content (AvgIpc) is 2.63. The lowest BCUT2D eigenvalue weighted by Crippen LogP contribution is -2.49. The maximum Gasteiger partial charge on any atom is 0.234 e. The van der Waals surface area contributed by atoms with Gasteiger partial charge in [0.05, 0.1) is 6.54 Å². The van der Waals surface area contributed by atoms with E-state index in [1.165, 1.54) is 12.1 Å². The van der Waals surface area contributed by atoms with Gasteiger partial charge < -0.3 is 15.3 Å². The Kier molecular flexibility index (Phi) is 5.50. The molecule has 132 valence electrons. The van der Waals surface area contributed by atoms with Gasteiger partial charge in [-0.25, -0.2) is 4.39 Å². The van der Waals surface area contributed by atoms with Crippen molar-refractivity contribution in [2.24, 2.45) is 0 Å². The van der Waals surface area contributed by atoms with E-state index in [0.29, 0.717) is 13.1 Å². The van der Waals surface area contributed by atoms with Crippen LogP contribution in [0, 0.1) is 5.82 Å². The Labute approximate surface area is 146 Å². The van der Waals surface area contributed by atoms with Gasteiger partial charge in [-0.2, -0.15) is 0 Å². The molecule has 0 aliphatic carbocycles. The molecule has 6 heteroatoms. The highest BCUT2D eigenvalue weighted by Crippen LogP contribution is 2.19. The van der Waals surface area contributed by atoms with E-state index in [9.17, 15) is 14.3 Å². The van der Waals surface area contributed by atoms with Crippen molar-refractivity contribution >= 4 is 11.6 Å². The van der Waals surface area contributed by atoms with E-state index >= 15 is 0 Å². The second kappa shape index (κ2) is 7.98. The predicted molar refractivity (Wildman–Crippen MR) is 95.0 cm³/mol. The van der Waals surface area contributed by atoms with Crippen LogP contribution >= 0.6 is 0 Å². The monoisotopic (exact) mass is 343 g/mol. The molecule has 2 aromatic rings. The predicted octanol–water partition coefficient (Wildman–Crippen LogP) is 1.97. The summed E-state index contributed by atoms with van der Waals surface area (Å²) in [6.45, 7) is 4.08. The zero-order chi connectivity index (χ0) is 17.6. The summed E-state index contributed by atoms with van der Waals surface area (Å²) in [5.74, 6) is -0.0378. The van der Waals surface area contributed by atoms with Crippen molar-refractivity contribution in [3.8, 4) is 5.75 Å². The molecule has 2 aromatic carbocycles. The van der Waals surface area contributed by atoms with Gasteiger partial charge in [0.1, 0.15) is 11.6 Å². The molecule has 1 aliphatic heterocycles. The standard InChI is InChI=1S/C19H22FN3O2/c20-16-3-1-15(2-4-16)13-21-19(25)14-22-9-11-23(12-10-22)17-5-7-18(24)8-6-17/h1-8,24H,9-14H2,(H,21,25). The molecule has 1 fully saturated rings. The molecular formula is C19H22FN3O2. The van der Waals surface area contributed by atoms with Gasteiger partial charge in [-0.15, -0.1) is 0 Å². The number of piperazine rings is 1. The molecular weight excluding hydrogens is 321 g/mol. The quantitative estimate of drug-likeness (QED) is 0.872. The first kappa shape index (κ1) is 17.2. The second-order valence-corrected chi connectivity index (χ2v) is 6.18. The smallest absolute Gasteiger partial charge is 0.234 e. The lowest BCUT2D eigenvalue weighted by atomic mass is 10.2. The van der Waals surface area contributed by atoms with E-state index in [-0.39, 0.29) is 17.5 Å².